The van der Waals surface area contributed by atoms with Crippen LogP contribution in [0.15, 0.2) is 29.2 Å². The molecule has 24 heavy (non-hydrogen) atoms. The fourth-order valence-corrected chi connectivity index (χ4v) is 5.47. The van der Waals surface area contributed by atoms with Crippen molar-refractivity contribution in [2.45, 2.75) is 50.3 Å². The van der Waals surface area contributed by atoms with E-state index < -0.39 is 20.0 Å². The molecule has 1 aromatic carbocycles. The van der Waals surface area contributed by atoms with Gasteiger partial charge >= 0.3 is 0 Å². The monoisotopic (exact) mass is 374 g/mol. The molecular weight excluding hydrogens is 348 g/mol. The molecule has 6 nitrogen and oxygen atoms in total. The Bertz CT molecular complexity index is 720. The summed E-state index contributed by atoms with van der Waals surface area (Å²) in [5.41, 5.74) is 0.390. The van der Waals surface area contributed by atoms with Gasteiger partial charge < -0.3 is 0 Å². The van der Waals surface area contributed by atoms with Crippen LogP contribution in [0.4, 0.5) is 5.69 Å². The molecule has 1 saturated heterocycles. The number of hydrogen-bond donors (Lipinski definition) is 1. The summed E-state index contributed by atoms with van der Waals surface area (Å²) in [5, 5.41) is 0. The van der Waals surface area contributed by atoms with Crippen molar-refractivity contribution in [2.24, 2.45) is 0 Å². The van der Waals surface area contributed by atoms with Gasteiger partial charge in [0.25, 0.3) is 0 Å². The van der Waals surface area contributed by atoms with Crippen molar-refractivity contribution in [3.05, 3.63) is 24.3 Å². The number of rotatable bonds is 7. The summed E-state index contributed by atoms with van der Waals surface area (Å²) in [6, 6.07) is 5.96. The van der Waals surface area contributed by atoms with Gasteiger partial charge in [-0.15, -0.1) is 0 Å². The zero-order chi connectivity index (χ0) is 17.6. The molecule has 0 amide bonds. The van der Waals surface area contributed by atoms with Crippen molar-refractivity contribution < 1.29 is 16.8 Å². The second kappa shape index (κ2) is 8.31. The minimum absolute atomic E-state index is 0.0668. The van der Waals surface area contributed by atoms with Crippen LogP contribution in [0.5, 0.6) is 0 Å². The summed E-state index contributed by atoms with van der Waals surface area (Å²) in [4.78, 5) is 0.209. The Labute approximate surface area is 145 Å². The summed E-state index contributed by atoms with van der Waals surface area (Å²) in [5.74, 6) is 0.0668. The first kappa shape index (κ1) is 19.2. The van der Waals surface area contributed by atoms with Crippen LogP contribution in [0.25, 0.3) is 0 Å². The minimum Gasteiger partial charge on any atom is -0.284 e. The topological polar surface area (TPSA) is 83.5 Å². The van der Waals surface area contributed by atoms with E-state index in [0.29, 0.717) is 25.2 Å². The number of anilines is 1. The summed E-state index contributed by atoms with van der Waals surface area (Å²) in [6.07, 6.45) is 5.28. The van der Waals surface area contributed by atoms with Gasteiger partial charge in [0.2, 0.25) is 20.0 Å². The average molecular weight is 375 g/mol. The number of unbranched alkanes of at least 4 members (excludes halogenated alkanes) is 1. The molecule has 0 unspecified atom stereocenters. The lowest BCUT2D eigenvalue weighted by molar-refractivity contribution is 0.424. The standard InChI is InChI=1S/C16H26N2O4S2/c1-2-3-14-23(19,20)17-15-8-10-16(11-9-15)24(21,22)18-12-6-4-5-7-13-18/h8-11,17H,2-7,12-14H2,1H3. The van der Waals surface area contributed by atoms with Gasteiger partial charge in [-0.2, -0.15) is 4.31 Å². The Morgan fingerprint density at radius 2 is 1.54 bits per heavy atom. The first-order valence-electron chi connectivity index (χ1n) is 8.46. The predicted molar refractivity (Wildman–Crippen MR) is 96.0 cm³/mol. The summed E-state index contributed by atoms with van der Waals surface area (Å²) in [7, 11) is -6.88. The molecule has 8 heteroatoms. The molecule has 1 aliphatic heterocycles. The fraction of sp³-hybridized carbons (Fsp3) is 0.625. The molecule has 0 aromatic heterocycles. The zero-order valence-corrected chi connectivity index (χ0v) is 15.7. The molecule has 0 aliphatic carbocycles. The molecule has 1 N–H and O–H groups in total. The SMILES string of the molecule is CCCCS(=O)(=O)Nc1ccc(S(=O)(=O)N2CCCCCC2)cc1. The third kappa shape index (κ3) is 5.19. The van der Waals surface area contributed by atoms with Gasteiger partial charge in [0, 0.05) is 18.8 Å². The fourth-order valence-electron chi connectivity index (χ4n) is 2.69. The zero-order valence-electron chi connectivity index (χ0n) is 14.1. The molecule has 0 radical (unpaired) electrons. The Balaban J connectivity index is 2.10. The van der Waals surface area contributed by atoms with Crippen LogP contribution in [0, 0.1) is 0 Å². The lowest BCUT2D eigenvalue weighted by Crippen LogP contribution is -2.31. The first-order chi connectivity index (χ1) is 11.3. The molecule has 0 bridgehead atoms. The normalized spacial score (nSPS) is 17.4. The number of nitrogens with one attached hydrogen (secondary N) is 1. The van der Waals surface area contributed by atoms with Crippen LogP contribution >= 0.6 is 0 Å². The molecule has 0 atom stereocenters. The van der Waals surface area contributed by atoms with Crippen molar-refractivity contribution in [3.8, 4) is 0 Å². The van der Waals surface area contributed by atoms with Crippen molar-refractivity contribution in [2.75, 3.05) is 23.6 Å². The molecule has 1 heterocycles. The molecule has 1 fully saturated rings. The Morgan fingerprint density at radius 1 is 0.958 bits per heavy atom. The van der Waals surface area contributed by atoms with Crippen LogP contribution in [0.3, 0.4) is 0 Å². The molecule has 2 rings (SSSR count). The molecule has 1 aromatic rings. The number of nitrogens with zero attached hydrogens (tertiary/aromatic N) is 1. The Kier molecular flexibility index (Phi) is 6.65. The van der Waals surface area contributed by atoms with Crippen LogP contribution in [-0.4, -0.2) is 40.0 Å². The Morgan fingerprint density at radius 3 is 2.08 bits per heavy atom. The molecule has 1 aliphatic rings. The maximum Gasteiger partial charge on any atom is 0.243 e. The highest BCUT2D eigenvalue weighted by molar-refractivity contribution is 7.92. The van der Waals surface area contributed by atoms with E-state index in [9.17, 15) is 16.8 Å². The molecular formula is C16H26N2O4S2. The van der Waals surface area contributed by atoms with E-state index in [2.05, 4.69) is 4.72 Å². The van der Waals surface area contributed by atoms with Gasteiger partial charge in [-0.3, -0.25) is 4.72 Å². The van der Waals surface area contributed by atoms with E-state index in [0.717, 1.165) is 32.1 Å². The van der Waals surface area contributed by atoms with Crippen molar-refractivity contribution in [3.63, 3.8) is 0 Å². The van der Waals surface area contributed by atoms with E-state index >= 15 is 0 Å². The average Bonchev–Trinajstić information content (AvgIpc) is 2.83. The summed E-state index contributed by atoms with van der Waals surface area (Å²) >= 11 is 0. The molecule has 0 saturated carbocycles. The maximum absolute atomic E-state index is 12.7. The second-order valence-electron chi connectivity index (χ2n) is 6.12. The lowest BCUT2D eigenvalue weighted by atomic mass is 10.2. The molecule has 136 valence electrons. The van der Waals surface area contributed by atoms with Crippen molar-refractivity contribution in [1.29, 1.82) is 0 Å². The summed E-state index contributed by atoms with van der Waals surface area (Å²) in [6.45, 7) is 3.03. The van der Waals surface area contributed by atoms with Gasteiger partial charge in [-0.05, 0) is 43.5 Å². The third-order valence-electron chi connectivity index (χ3n) is 4.10. The van der Waals surface area contributed by atoms with Crippen molar-refractivity contribution in [1.82, 2.24) is 4.31 Å². The van der Waals surface area contributed by atoms with Crippen molar-refractivity contribution >= 4 is 25.7 Å². The number of sulfonamides is 2. The van der Waals surface area contributed by atoms with Gasteiger partial charge in [0.05, 0.1) is 10.6 Å². The van der Waals surface area contributed by atoms with E-state index in [1.54, 1.807) is 0 Å². The smallest absolute Gasteiger partial charge is 0.243 e. The van der Waals surface area contributed by atoms with E-state index in [1.807, 2.05) is 6.92 Å². The highest BCUT2D eigenvalue weighted by Crippen LogP contribution is 2.22. The van der Waals surface area contributed by atoms with E-state index in [-0.39, 0.29) is 10.6 Å². The number of benzene rings is 1. The predicted octanol–water partition coefficient (Wildman–Crippen LogP) is 2.79. The molecule has 0 spiro atoms. The van der Waals surface area contributed by atoms with E-state index in [4.69, 9.17) is 0 Å². The Hall–Kier alpha value is -1.12. The largest absolute Gasteiger partial charge is 0.284 e. The maximum atomic E-state index is 12.7. The van der Waals surface area contributed by atoms with Crippen LogP contribution in [0.1, 0.15) is 45.4 Å². The first-order valence-corrected chi connectivity index (χ1v) is 11.5. The van der Waals surface area contributed by atoms with Crippen LogP contribution < -0.4 is 4.72 Å². The highest BCUT2D eigenvalue weighted by Gasteiger charge is 2.25. The van der Waals surface area contributed by atoms with E-state index in [1.165, 1.54) is 28.6 Å². The van der Waals surface area contributed by atoms with Gasteiger partial charge in [0.1, 0.15) is 0 Å². The quantitative estimate of drug-likeness (QED) is 0.795. The van der Waals surface area contributed by atoms with Gasteiger partial charge in [-0.1, -0.05) is 26.2 Å². The van der Waals surface area contributed by atoms with Crippen LogP contribution in [0.2, 0.25) is 0 Å². The number of hydrogen-bond acceptors (Lipinski definition) is 4. The van der Waals surface area contributed by atoms with Crippen LogP contribution in [-0.2, 0) is 20.0 Å². The lowest BCUT2D eigenvalue weighted by Gasteiger charge is -2.20. The summed E-state index contributed by atoms with van der Waals surface area (Å²) < 4.78 is 53.1. The van der Waals surface area contributed by atoms with Gasteiger partial charge in [-0.25, -0.2) is 16.8 Å². The van der Waals surface area contributed by atoms with Gasteiger partial charge in [0.15, 0.2) is 0 Å². The minimum atomic E-state index is -3.50. The third-order valence-corrected chi connectivity index (χ3v) is 7.38. The second-order valence-corrected chi connectivity index (χ2v) is 9.90. The highest BCUT2D eigenvalue weighted by atomic mass is 32.2.